The molecule has 1 saturated carbocycles. The Morgan fingerprint density at radius 1 is 1.43 bits per heavy atom. The van der Waals surface area contributed by atoms with Crippen molar-refractivity contribution in [3.05, 3.63) is 18.0 Å². The van der Waals surface area contributed by atoms with Gasteiger partial charge < -0.3 is 9.88 Å². The summed E-state index contributed by atoms with van der Waals surface area (Å²) in [5.74, 6) is -0.268. The minimum Gasteiger partial charge on any atom is -0.348 e. The maximum absolute atomic E-state index is 12.4. The summed E-state index contributed by atoms with van der Waals surface area (Å²) in [6.07, 6.45) is 3.35. The second-order valence-corrected chi connectivity index (χ2v) is 9.26. The van der Waals surface area contributed by atoms with Crippen LogP contribution >= 0.6 is 10.7 Å². The average Bonchev–Trinajstić information content (AvgIpc) is 3.04. The van der Waals surface area contributed by atoms with Crippen LogP contribution in [-0.2, 0) is 9.05 Å². The summed E-state index contributed by atoms with van der Waals surface area (Å²) in [6.45, 7) is 8.03. The van der Waals surface area contributed by atoms with Gasteiger partial charge in [0.1, 0.15) is 10.6 Å². The van der Waals surface area contributed by atoms with Gasteiger partial charge in [-0.3, -0.25) is 4.79 Å². The molecule has 1 fully saturated rings. The Hall–Kier alpha value is -1.01. The molecular formula is C14H21ClN2O3S. The molecule has 0 saturated heterocycles. The highest BCUT2D eigenvalue weighted by Gasteiger charge is 2.31. The summed E-state index contributed by atoms with van der Waals surface area (Å²) in [7, 11) is 1.55. The summed E-state index contributed by atoms with van der Waals surface area (Å²) in [6, 6.07) is 1.51. The molecule has 118 valence electrons. The molecule has 1 heterocycles. The molecule has 1 atom stereocenters. The lowest BCUT2D eigenvalue weighted by atomic mass is 9.88. The van der Waals surface area contributed by atoms with E-state index in [0.29, 0.717) is 5.69 Å². The van der Waals surface area contributed by atoms with Crippen molar-refractivity contribution >= 4 is 25.6 Å². The molecule has 0 spiro atoms. The third kappa shape index (κ3) is 3.80. The quantitative estimate of drug-likeness (QED) is 0.862. The largest absolute Gasteiger partial charge is 0.348 e. The number of carbonyl (C=O) groups is 1. The zero-order valence-electron chi connectivity index (χ0n) is 12.7. The van der Waals surface area contributed by atoms with Crippen LogP contribution in [0.1, 0.15) is 57.1 Å². The predicted molar refractivity (Wildman–Crippen MR) is 82.1 cm³/mol. The molecule has 1 unspecified atom stereocenters. The van der Waals surface area contributed by atoms with Gasteiger partial charge in [-0.15, -0.1) is 0 Å². The van der Waals surface area contributed by atoms with Crippen LogP contribution in [0.4, 0.5) is 0 Å². The maximum Gasteiger partial charge on any atom is 0.268 e. The molecule has 0 radical (unpaired) electrons. The number of aromatic nitrogens is 1. The SMILES string of the molecule is CC(NC(=O)c1cc(S(=O)(=O)Cl)cn1C1CC1)C(C)(C)C. The van der Waals surface area contributed by atoms with Crippen LogP contribution in [0.3, 0.4) is 0 Å². The lowest BCUT2D eigenvalue weighted by Gasteiger charge is -2.28. The second kappa shape index (κ2) is 5.32. The first-order valence-corrected chi connectivity index (χ1v) is 9.28. The smallest absolute Gasteiger partial charge is 0.268 e. The van der Waals surface area contributed by atoms with Gasteiger partial charge in [-0.25, -0.2) is 8.42 Å². The Kier molecular flexibility index (Phi) is 4.14. The molecule has 2 rings (SSSR count). The molecule has 1 aromatic rings. The van der Waals surface area contributed by atoms with Gasteiger partial charge in [0.25, 0.3) is 15.0 Å². The van der Waals surface area contributed by atoms with Gasteiger partial charge in [0.2, 0.25) is 0 Å². The van der Waals surface area contributed by atoms with Crippen molar-refractivity contribution < 1.29 is 13.2 Å². The maximum atomic E-state index is 12.4. The highest BCUT2D eigenvalue weighted by Crippen LogP contribution is 2.37. The van der Waals surface area contributed by atoms with Gasteiger partial charge in [0, 0.05) is 29.0 Å². The molecule has 1 N–H and O–H groups in total. The van der Waals surface area contributed by atoms with E-state index < -0.39 is 9.05 Å². The molecule has 1 aromatic heterocycles. The number of hydrogen-bond acceptors (Lipinski definition) is 3. The molecule has 1 aliphatic carbocycles. The first kappa shape index (κ1) is 16.4. The fraction of sp³-hybridized carbons (Fsp3) is 0.643. The molecule has 5 nitrogen and oxygen atoms in total. The molecule has 1 aliphatic rings. The Balaban J connectivity index is 2.30. The number of nitrogens with zero attached hydrogens (tertiary/aromatic N) is 1. The molecule has 7 heteroatoms. The molecular weight excluding hydrogens is 312 g/mol. The lowest BCUT2D eigenvalue weighted by molar-refractivity contribution is 0.0900. The van der Waals surface area contributed by atoms with E-state index in [1.54, 1.807) is 4.57 Å². The predicted octanol–water partition coefficient (Wildman–Crippen LogP) is 2.91. The van der Waals surface area contributed by atoms with Crippen LogP contribution in [0.25, 0.3) is 0 Å². The highest BCUT2D eigenvalue weighted by atomic mass is 35.7. The summed E-state index contributed by atoms with van der Waals surface area (Å²) in [5, 5.41) is 2.93. The standard InChI is InChI=1S/C14H21ClN2O3S/c1-9(14(2,3)4)16-13(18)12-7-11(21(15,19)20)8-17(12)10-5-6-10/h7-10H,5-6H2,1-4H3,(H,16,18). The van der Waals surface area contributed by atoms with E-state index in [-0.39, 0.29) is 28.3 Å². The number of rotatable bonds is 4. The number of amides is 1. The van der Waals surface area contributed by atoms with Gasteiger partial charge in [0.15, 0.2) is 0 Å². The second-order valence-electron chi connectivity index (χ2n) is 6.70. The Morgan fingerprint density at radius 2 is 2.00 bits per heavy atom. The van der Waals surface area contributed by atoms with Gasteiger partial charge in [-0.1, -0.05) is 20.8 Å². The van der Waals surface area contributed by atoms with E-state index in [4.69, 9.17) is 10.7 Å². The summed E-state index contributed by atoms with van der Waals surface area (Å²) < 4.78 is 24.7. The first-order chi connectivity index (χ1) is 9.50. The van der Waals surface area contributed by atoms with Crippen LogP contribution in [0, 0.1) is 5.41 Å². The van der Waals surface area contributed by atoms with Crippen molar-refractivity contribution in [1.29, 1.82) is 0 Å². The van der Waals surface area contributed by atoms with E-state index in [2.05, 4.69) is 5.32 Å². The zero-order chi connectivity index (χ0) is 16.0. The first-order valence-electron chi connectivity index (χ1n) is 6.97. The summed E-state index contributed by atoms with van der Waals surface area (Å²) >= 11 is 0. The average molecular weight is 333 g/mol. The van der Waals surface area contributed by atoms with E-state index in [0.717, 1.165) is 12.8 Å². The van der Waals surface area contributed by atoms with Gasteiger partial charge in [-0.05, 0) is 31.2 Å². The number of nitrogens with one attached hydrogen (secondary N) is 1. The third-order valence-corrected chi connectivity index (χ3v) is 5.25. The Labute approximate surface area is 130 Å². The van der Waals surface area contributed by atoms with Crippen molar-refractivity contribution in [2.45, 2.75) is 57.5 Å². The van der Waals surface area contributed by atoms with Crippen LogP contribution in [0.5, 0.6) is 0 Å². The molecule has 0 aromatic carbocycles. The fourth-order valence-corrected chi connectivity index (χ4v) is 2.66. The van der Waals surface area contributed by atoms with Crippen molar-refractivity contribution in [3.63, 3.8) is 0 Å². The van der Waals surface area contributed by atoms with Crippen molar-refractivity contribution in [1.82, 2.24) is 9.88 Å². The van der Waals surface area contributed by atoms with Crippen LogP contribution in [0.2, 0.25) is 0 Å². The number of hydrogen-bond donors (Lipinski definition) is 1. The van der Waals surface area contributed by atoms with Crippen molar-refractivity contribution in [2.75, 3.05) is 0 Å². The topological polar surface area (TPSA) is 68.2 Å². The number of carbonyl (C=O) groups excluding carboxylic acids is 1. The fourth-order valence-electron chi connectivity index (χ4n) is 1.91. The minimum absolute atomic E-state index is 0.0235. The lowest BCUT2D eigenvalue weighted by Crippen LogP contribution is -2.42. The molecule has 1 amide bonds. The summed E-state index contributed by atoms with van der Waals surface area (Å²) in [4.78, 5) is 12.4. The third-order valence-electron chi connectivity index (χ3n) is 3.92. The Bertz CT molecular complexity index is 654. The van der Waals surface area contributed by atoms with Gasteiger partial charge in [0.05, 0.1) is 0 Å². The zero-order valence-corrected chi connectivity index (χ0v) is 14.3. The van der Waals surface area contributed by atoms with E-state index in [1.165, 1.54) is 12.3 Å². The molecule has 0 aliphatic heterocycles. The molecule has 0 bridgehead atoms. The van der Waals surface area contributed by atoms with Crippen LogP contribution < -0.4 is 5.32 Å². The number of halogens is 1. The summed E-state index contributed by atoms with van der Waals surface area (Å²) in [5.41, 5.74) is 0.279. The Morgan fingerprint density at radius 3 is 2.43 bits per heavy atom. The van der Waals surface area contributed by atoms with Gasteiger partial charge in [-0.2, -0.15) is 0 Å². The van der Waals surface area contributed by atoms with E-state index in [9.17, 15) is 13.2 Å². The van der Waals surface area contributed by atoms with Crippen molar-refractivity contribution in [3.8, 4) is 0 Å². The normalized spacial score (nSPS) is 17.6. The minimum atomic E-state index is -3.83. The van der Waals surface area contributed by atoms with E-state index >= 15 is 0 Å². The van der Waals surface area contributed by atoms with Gasteiger partial charge >= 0.3 is 0 Å². The highest BCUT2D eigenvalue weighted by molar-refractivity contribution is 8.13. The van der Waals surface area contributed by atoms with E-state index in [1.807, 2.05) is 27.7 Å². The van der Waals surface area contributed by atoms with Crippen molar-refractivity contribution in [2.24, 2.45) is 5.41 Å². The van der Waals surface area contributed by atoms with Crippen LogP contribution in [0.15, 0.2) is 17.2 Å². The monoisotopic (exact) mass is 332 g/mol. The molecule has 21 heavy (non-hydrogen) atoms. The van der Waals surface area contributed by atoms with Crippen LogP contribution in [-0.4, -0.2) is 24.9 Å².